The molecule has 1 aliphatic rings. The number of hydrogen-bond donors (Lipinski definition) is 2. The molecule has 1 rings (SSSR count). The molecule has 0 aromatic rings. The average Bonchev–Trinajstić information content (AvgIpc) is 2.34. The van der Waals surface area contributed by atoms with E-state index in [0.717, 1.165) is 25.7 Å². The fourth-order valence-electron chi connectivity index (χ4n) is 2.21. The third kappa shape index (κ3) is 4.77. The van der Waals surface area contributed by atoms with Gasteiger partial charge < -0.3 is 15.3 Å². The van der Waals surface area contributed by atoms with Crippen molar-refractivity contribution < 1.29 is 14.7 Å². The Morgan fingerprint density at radius 1 is 1.44 bits per heavy atom. The lowest BCUT2D eigenvalue weighted by atomic mass is 10.00. The Balaban J connectivity index is 2.43. The zero-order chi connectivity index (χ0) is 13.4. The number of carbonyl (C=O) groups is 2. The Kier molecular flexibility index (Phi) is 6.25. The van der Waals surface area contributed by atoms with E-state index in [-0.39, 0.29) is 18.5 Å². The van der Waals surface area contributed by atoms with Crippen molar-refractivity contribution in [3.05, 3.63) is 12.2 Å². The number of carboxylic acid groups (broad SMARTS) is 1. The molecule has 0 aliphatic carbocycles. The number of carbonyl (C=O) groups excluding carboxylic acids is 1. The molecule has 1 atom stereocenters. The van der Waals surface area contributed by atoms with Gasteiger partial charge in [-0.1, -0.05) is 12.2 Å². The summed E-state index contributed by atoms with van der Waals surface area (Å²) in [5.41, 5.74) is 0. The van der Waals surface area contributed by atoms with Gasteiger partial charge in [-0.05, 0) is 32.6 Å². The van der Waals surface area contributed by atoms with Crippen LogP contribution in [0.2, 0.25) is 0 Å². The van der Waals surface area contributed by atoms with Gasteiger partial charge >= 0.3 is 12.0 Å². The molecule has 102 valence electrons. The van der Waals surface area contributed by atoms with Crippen LogP contribution in [0.25, 0.3) is 0 Å². The normalized spacial score (nSPS) is 20.1. The molecule has 0 aromatic heterocycles. The highest BCUT2D eigenvalue weighted by molar-refractivity contribution is 5.76. The number of amides is 2. The highest BCUT2D eigenvalue weighted by Gasteiger charge is 2.27. The fraction of sp³-hybridized carbons (Fsp3) is 0.692. The topological polar surface area (TPSA) is 69.6 Å². The van der Waals surface area contributed by atoms with Gasteiger partial charge in [-0.3, -0.25) is 4.79 Å². The summed E-state index contributed by atoms with van der Waals surface area (Å²) in [6.45, 7) is 3.20. The first kappa shape index (κ1) is 14.5. The maximum atomic E-state index is 12.0. The summed E-state index contributed by atoms with van der Waals surface area (Å²) >= 11 is 0. The smallest absolute Gasteiger partial charge is 0.317 e. The minimum atomic E-state index is -0.839. The van der Waals surface area contributed by atoms with Gasteiger partial charge in [0.15, 0.2) is 0 Å². The molecule has 1 unspecified atom stereocenters. The van der Waals surface area contributed by atoms with Crippen LogP contribution in [0.5, 0.6) is 0 Å². The number of nitrogens with zero attached hydrogens (tertiary/aromatic N) is 1. The number of aliphatic carboxylic acids is 1. The van der Waals surface area contributed by atoms with Gasteiger partial charge in [0.2, 0.25) is 0 Å². The van der Waals surface area contributed by atoms with Gasteiger partial charge in [-0.2, -0.15) is 0 Å². The number of piperidine rings is 1. The Hall–Kier alpha value is -1.52. The number of hydrogen-bond acceptors (Lipinski definition) is 2. The number of urea groups is 1. The molecule has 1 saturated heterocycles. The first-order valence-corrected chi connectivity index (χ1v) is 6.52. The van der Waals surface area contributed by atoms with Gasteiger partial charge in [-0.15, -0.1) is 0 Å². The van der Waals surface area contributed by atoms with E-state index in [2.05, 4.69) is 5.32 Å². The third-order valence-corrected chi connectivity index (χ3v) is 3.12. The summed E-state index contributed by atoms with van der Waals surface area (Å²) in [7, 11) is 0. The van der Waals surface area contributed by atoms with E-state index in [4.69, 9.17) is 5.11 Å². The van der Waals surface area contributed by atoms with E-state index in [1.165, 1.54) is 0 Å². The summed E-state index contributed by atoms with van der Waals surface area (Å²) in [6, 6.07) is -0.288. The maximum absolute atomic E-state index is 12.0. The van der Waals surface area contributed by atoms with E-state index in [0.29, 0.717) is 13.1 Å². The van der Waals surface area contributed by atoms with Crippen LogP contribution in [0.1, 0.15) is 39.0 Å². The van der Waals surface area contributed by atoms with Crippen molar-refractivity contribution in [3.8, 4) is 0 Å². The molecular formula is C13H22N2O3. The molecule has 1 aliphatic heterocycles. The van der Waals surface area contributed by atoms with Crippen molar-refractivity contribution in [2.75, 3.05) is 13.1 Å². The van der Waals surface area contributed by atoms with E-state index in [1.807, 2.05) is 19.1 Å². The number of carboxylic acids is 1. The lowest BCUT2D eigenvalue weighted by Gasteiger charge is -2.34. The summed E-state index contributed by atoms with van der Waals surface area (Å²) in [5.74, 6) is -0.839. The van der Waals surface area contributed by atoms with Crippen LogP contribution in [0.3, 0.4) is 0 Å². The predicted molar refractivity (Wildman–Crippen MR) is 69.4 cm³/mol. The summed E-state index contributed by atoms with van der Waals surface area (Å²) < 4.78 is 0. The van der Waals surface area contributed by atoms with E-state index < -0.39 is 5.97 Å². The van der Waals surface area contributed by atoms with Crippen molar-refractivity contribution in [1.82, 2.24) is 10.2 Å². The van der Waals surface area contributed by atoms with Crippen LogP contribution >= 0.6 is 0 Å². The van der Waals surface area contributed by atoms with Crippen LogP contribution in [-0.4, -0.2) is 41.1 Å². The fourth-order valence-corrected chi connectivity index (χ4v) is 2.21. The molecule has 18 heavy (non-hydrogen) atoms. The summed E-state index contributed by atoms with van der Waals surface area (Å²) in [5, 5.41) is 11.7. The van der Waals surface area contributed by atoms with E-state index >= 15 is 0 Å². The molecule has 0 spiro atoms. The van der Waals surface area contributed by atoms with Crippen LogP contribution in [0.4, 0.5) is 4.79 Å². The molecule has 0 aromatic carbocycles. The molecule has 5 nitrogen and oxygen atoms in total. The zero-order valence-electron chi connectivity index (χ0n) is 10.9. The van der Waals surface area contributed by atoms with Crippen LogP contribution in [-0.2, 0) is 4.79 Å². The zero-order valence-corrected chi connectivity index (χ0v) is 10.9. The predicted octanol–water partition coefficient (Wildman–Crippen LogP) is 1.99. The first-order chi connectivity index (χ1) is 8.65. The van der Waals surface area contributed by atoms with Gasteiger partial charge in [0.05, 0.1) is 6.42 Å². The van der Waals surface area contributed by atoms with Gasteiger partial charge in [0, 0.05) is 19.1 Å². The van der Waals surface area contributed by atoms with Crippen LogP contribution in [0, 0.1) is 0 Å². The number of allylic oxidation sites excluding steroid dienone is 1. The number of likely N-dealkylation sites (tertiary alicyclic amines) is 1. The lowest BCUT2D eigenvalue weighted by molar-refractivity contribution is -0.138. The molecule has 1 heterocycles. The standard InChI is InChI=1S/C13H22N2O3/c1-2-3-5-8-14-13(18)15-9-6-4-7-11(15)10-12(16)17/h2-3,11H,4-10H2,1H3,(H,14,18)(H,16,17)/b3-2+. The highest BCUT2D eigenvalue weighted by atomic mass is 16.4. The summed E-state index contributed by atoms with van der Waals surface area (Å²) in [6.07, 6.45) is 7.53. The molecule has 0 saturated carbocycles. The molecule has 2 N–H and O–H groups in total. The molecule has 0 radical (unpaired) electrons. The number of nitrogens with one attached hydrogen (secondary N) is 1. The minimum Gasteiger partial charge on any atom is -0.481 e. The van der Waals surface area contributed by atoms with Crippen LogP contribution in [0.15, 0.2) is 12.2 Å². The van der Waals surface area contributed by atoms with Crippen molar-refractivity contribution in [1.29, 1.82) is 0 Å². The second kappa shape index (κ2) is 7.74. The Labute approximate surface area is 108 Å². The quantitative estimate of drug-likeness (QED) is 0.582. The number of rotatable bonds is 5. The molecular weight excluding hydrogens is 232 g/mol. The van der Waals surface area contributed by atoms with Crippen LogP contribution < -0.4 is 5.32 Å². The average molecular weight is 254 g/mol. The van der Waals surface area contributed by atoms with Crippen molar-refractivity contribution >= 4 is 12.0 Å². The van der Waals surface area contributed by atoms with Crippen molar-refractivity contribution in [2.24, 2.45) is 0 Å². The third-order valence-electron chi connectivity index (χ3n) is 3.12. The monoisotopic (exact) mass is 254 g/mol. The van der Waals surface area contributed by atoms with Crippen molar-refractivity contribution in [3.63, 3.8) is 0 Å². The maximum Gasteiger partial charge on any atom is 0.317 e. The SMILES string of the molecule is C/C=C/CCNC(=O)N1CCCCC1CC(=O)O. The summed E-state index contributed by atoms with van der Waals surface area (Å²) in [4.78, 5) is 24.4. The van der Waals surface area contributed by atoms with Gasteiger partial charge in [0.25, 0.3) is 0 Å². The molecule has 1 fully saturated rings. The van der Waals surface area contributed by atoms with Gasteiger partial charge in [0.1, 0.15) is 0 Å². The Morgan fingerprint density at radius 3 is 2.89 bits per heavy atom. The van der Waals surface area contributed by atoms with Crippen molar-refractivity contribution in [2.45, 2.75) is 45.1 Å². The largest absolute Gasteiger partial charge is 0.481 e. The molecule has 5 heteroatoms. The van der Waals surface area contributed by atoms with E-state index in [1.54, 1.807) is 4.90 Å². The second-order valence-electron chi connectivity index (χ2n) is 4.53. The lowest BCUT2D eigenvalue weighted by Crippen LogP contribution is -2.49. The second-order valence-corrected chi connectivity index (χ2v) is 4.53. The Morgan fingerprint density at radius 2 is 2.22 bits per heavy atom. The first-order valence-electron chi connectivity index (χ1n) is 6.52. The molecule has 2 amide bonds. The van der Waals surface area contributed by atoms with Gasteiger partial charge in [-0.25, -0.2) is 4.79 Å². The molecule has 0 bridgehead atoms. The Bertz CT molecular complexity index is 315. The minimum absolute atomic E-state index is 0.0439. The highest BCUT2D eigenvalue weighted by Crippen LogP contribution is 2.19. The van der Waals surface area contributed by atoms with E-state index in [9.17, 15) is 9.59 Å².